The van der Waals surface area contributed by atoms with Gasteiger partial charge in [-0.15, -0.1) is 0 Å². The average Bonchev–Trinajstić information content (AvgIpc) is 2.26. The second-order valence-electron chi connectivity index (χ2n) is 5.96. The zero-order chi connectivity index (χ0) is 11.8. The summed E-state index contributed by atoms with van der Waals surface area (Å²) in [5, 5.41) is 10.4. The third-order valence-electron chi connectivity index (χ3n) is 3.55. The molecule has 0 spiro atoms. The van der Waals surface area contributed by atoms with E-state index >= 15 is 0 Å². The molecule has 1 aliphatic rings. The van der Waals surface area contributed by atoms with Crippen molar-refractivity contribution < 1.29 is 5.11 Å². The highest BCUT2D eigenvalue weighted by Gasteiger charge is 2.27. The van der Waals surface area contributed by atoms with Gasteiger partial charge in [-0.3, -0.25) is 0 Å². The fraction of sp³-hybridized carbons (Fsp3) is 0.600. The Kier molecular flexibility index (Phi) is 3.07. The minimum atomic E-state index is -0.347. The third-order valence-corrected chi connectivity index (χ3v) is 3.55. The molecule has 1 aromatic carbocycles. The molecule has 0 aromatic heterocycles. The van der Waals surface area contributed by atoms with Gasteiger partial charge in [-0.25, -0.2) is 0 Å². The van der Waals surface area contributed by atoms with E-state index in [-0.39, 0.29) is 11.5 Å². The maximum atomic E-state index is 10.4. The van der Waals surface area contributed by atoms with E-state index in [2.05, 4.69) is 39.0 Å². The molecular weight excluding hydrogens is 196 g/mol. The quantitative estimate of drug-likeness (QED) is 0.763. The van der Waals surface area contributed by atoms with Gasteiger partial charge in [0, 0.05) is 0 Å². The van der Waals surface area contributed by atoms with Crippen molar-refractivity contribution in [1.82, 2.24) is 0 Å². The Bertz CT molecular complexity index is 374. The number of aliphatic hydroxyl groups excluding tert-OH is 1. The van der Waals surface area contributed by atoms with E-state index in [0.29, 0.717) is 0 Å². The summed E-state index contributed by atoms with van der Waals surface area (Å²) in [6.45, 7) is 6.29. The lowest BCUT2D eigenvalue weighted by molar-refractivity contribution is 0.0617. The van der Waals surface area contributed by atoms with Crippen molar-refractivity contribution in [1.29, 1.82) is 0 Å². The van der Waals surface area contributed by atoms with E-state index in [1.807, 2.05) is 0 Å². The van der Waals surface area contributed by atoms with Gasteiger partial charge >= 0.3 is 0 Å². The van der Waals surface area contributed by atoms with Crippen LogP contribution in [0.15, 0.2) is 18.2 Å². The second kappa shape index (κ2) is 4.21. The predicted molar refractivity (Wildman–Crippen MR) is 67.5 cm³/mol. The van der Waals surface area contributed by atoms with E-state index in [9.17, 15) is 5.11 Å². The molecular formula is C15H22O. The number of hydrogen-bond donors (Lipinski definition) is 1. The fourth-order valence-electron chi connectivity index (χ4n) is 2.53. The molecule has 0 aliphatic heterocycles. The summed E-state index contributed by atoms with van der Waals surface area (Å²) in [6.07, 6.45) is 4.53. The van der Waals surface area contributed by atoms with Crippen LogP contribution in [0.2, 0.25) is 0 Å². The van der Waals surface area contributed by atoms with Crippen LogP contribution in [0.25, 0.3) is 0 Å². The molecule has 0 saturated carbocycles. The Morgan fingerprint density at radius 2 is 1.81 bits per heavy atom. The van der Waals surface area contributed by atoms with Gasteiger partial charge in [-0.2, -0.15) is 0 Å². The Morgan fingerprint density at radius 3 is 2.50 bits per heavy atom. The molecule has 2 rings (SSSR count). The minimum Gasteiger partial charge on any atom is -0.388 e. The van der Waals surface area contributed by atoms with Crippen molar-refractivity contribution in [3.8, 4) is 0 Å². The Hall–Kier alpha value is -0.820. The first-order valence-electron chi connectivity index (χ1n) is 6.29. The summed E-state index contributed by atoms with van der Waals surface area (Å²) < 4.78 is 0. The highest BCUT2D eigenvalue weighted by Crippen LogP contribution is 2.37. The molecule has 1 atom stereocenters. The summed E-state index contributed by atoms with van der Waals surface area (Å²) in [6, 6.07) is 6.40. The van der Waals surface area contributed by atoms with Crippen molar-refractivity contribution in [2.75, 3.05) is 0 Å². The predicted octanol–water partition coefficient (Wildman–Crippen LogP) is 3.64. The Balaban J connectivity index is 2.41. The summed E-state index contributed by atoms with van der Waals surface area (Å²) in [7, 11) is 0. The molecule has 0 heterocycles. The SMILES string of the molecule is CC(C)(C)C(O)c1cccc2c1CCCC2. The molecule has 88 valence electrons. The number of rotatable bonds is 1. The molecule has 0 bridgehead atoms. The first kappa shape index (κ1) is 11.7. The van der Waals surface area contributed by atoms with Crippen LogP contribution in [-0.2, 0) is 12.8 Å². The maximum Gasteiger partial charge on any atom is 0.0841 e. The van der Waals surface area contributed by atoms with Crippen molar-refractivity contribution in [3.63, 3.8) is 0 Å². The molecule has 0 saturated heterocycles. The first-order valence-corrected chi connectivity index (χ1v) is 6.29. The first-order chi connectivity index (χ1) is 7.50. The third kappa shape index (κ3) is 2.15. The minimum absolute atomic E-state index is 0.0768. The van der Waals surface area contributed by atoms with Crippen LogP contribution >= 0.6 is 0 Å². The van der Waals surface area contributed by atoms with Crippen LogP contribution in [0, 0.1) is 5.41 Å². The van der Waals surface area contributed by atoms with Crippen molar-refractivity contribution in [2.24, 2.45) is 5.41 Å². The normalized spacial score (nSPS) is 18.0. The second-order valence-corrected chi connectivity index (χ2v) is 5.96. The van der Waals surface area contributed by atoms with E-state index < -0.39 is 0 Å². The molecule has 1 nitrogen and oxygen atoms in total. The zero-order valence-electron chi connectivity index (χ0n) is 10.6. The highest BCUT2D eigenvalue weighted by atomic mass is 16.3. The molecule has 0 fully saturated rings. The number of fused-ring (bicyclic) bond motifs is 1. The van der Waals surface area contributed by atoms with Crippen LogP contribution in [0.1, 0.15) is 56.4 Å². The largest absolute Gasteiger partial charge is 0.388 e. The lowest BCUT2D eigenvalue weighted by Crippen LogP contribution is -2.20. The monoisotopic (exact) mass is 218 g/mol. The number of aryl methyl sites for hydroxylation is 1. The standard InChI is InChI=1S/C15H22O/c1-15(2,3)14(16)13-10-6-8-11-7-4-5-9-12(11)13/h6,8,10,14,16H,4-5,7,9H2,1-3H3. The van der Waals surface area contributed by atoms with Crippen molar-refractivity contribution in [2.45, 2.75) is 52.6 Å². The number of aliphatic hydroxyl groups is 1. The lowest BCUT2D eigenvalue weighted by atomic mass is 9.79. The van der Waals surface area contributed by atoms with Gasteiger partial charge in [0.05, 0.1) is 6.10 Å². The summed E-state index contributed by atoms with van der Waals surface area (Å²) in [5.41, 5.74) is 3.94. The van der Waals surface area contributed by atoms with Crippen LogP contribution in [0.3, 0.4) is 0 Å². The van der Waals surface area contributed by atoms with Gasteiger partial charge in [0.15, 0.2) is 0 Å². The highest BCUT2D eigenvalue weighted by molar-refractivity contribution is 5.38. The molecule has 1 unspecified atom stereocenters. The number of hydrogen-bond acceptors (Lipinski definition) is 1. The average molecular weight is 218 g/mol. The lowest BCUT2D eigenvalue weighted by Gasteiger charge is -2.30. The van der Waals surface area contributed by atoms with E-state index in [0.717, 1.165) is 12.0 Å². The van der Waals surface area contributed by atoms with Crippen LogP contribution in [0.5, 0.6) is 0 Å². The number of benzene rings is 1. The van der Waals surface area contributed by atoms with Gasteiger partial charge < -0.3 is 5.11 Å². The Labute approximate surface area is 98.5 Å². The van der Waals surface area contributed by atoms with E-state index in [1.54, 1.807) is 0 Å². The van der Waals surface area contributed by atoms with Crippen molar-refractivity contribution in [3.05, 3.63) is 34.9 Å². The summed E-state index contributed by atoms with van der Waals surface area (Å²) >= 11 is 0. The zero-order valence-corrected chi connectivity index (χ0v) is 10.6. The fourth-order valence-corrected chi connectivity index (χ4v) is 2.53. The van der Waals surface area contributed by atoms with Gasteiger partial charge in [0.25, 0.3) is 0 Å². The molecule has 0 amide bonds. The molecule has 16 heavy (non-hydrogen) atoms. The van der Waals surface area contributed by atoms with E-state index in [1.165, 1.54) is 30.4 Å². The van der Waals surface area contributed by atoms with E-state index in [4.69, 9.17) is 0 Å². The molecule has 1 aromatic rings. The maximum absolute atomic E-state index is 10.4. The molecule has 0 radical (unpaired) electrons. The van der Waals surface area contributed by atoms with Gasteiger partial charge in [0.1, 0.15) is 0 Å². The van der Waals surface area contributed by atoms with Crippen LogP contribution in [-0.4, -0.2) is 5.11 Å². The molecule has 1 aliphatic carbocycles. The molecule has 1 heteroatoms. The summed E-state index contributed by atoms with van der Waals surface area (Å²) in [4.78, 5) is 0. The van der Waals surface area contributed by atoms with Crippen molar-refractivity contribution >= 4 is 0 Å². The van der Waals surface area contributed by atoms with Gasteiger partial charge in [-0.05, 0) is 47.8 Å². The Morgan fingerprint density at radius 1 is 1.12 bits per heavy atom. The van der Waals surface area contributed by atoms with Crippen LogP contribution < -0.4 is 0 Å². The van der Waals surface area contributed by atoms with Gasteiger partial charge in [-0.1, -0.05) is 39.0 Å². The summed E-state index contributed by atoms with van der Waals surface area (Å²) in [5.74, 6) is 0. The molecule has 1 N–H and O–H groups in total. The van der Waals surface area contributed by atoms with Gasteiger partial charge in [0.2, 0.25) is 0 Å². The topological polar surface area (TPSA) is 20.2 Å². The van der Waals surface area contributed by atoms with Crippen LogP contribution in [0.4, 0.5) is 0 Å². The smallest absolute Gasteiger partial charge is 0.0841 e.